The first-order chi connectivity index (χ1) is 8.97. The van der Waals surface area contributed by atoms with Crippen LogP contribution < -0.4 is 5.73 Å². The molecule has 1 heterocycles. The van der Waals surface area contributed by atoms with Gasteiger partial charge < -0.3 is 5.73 Å². The number of hydrogen-bond acceptors (Lipinski definition) is 3. The van der Waals surface area contributed by atoms with Gasteiger partial charge in [0.15, 0.2) is 5.82 Å². The molecule has 19 heavy (non-hydrogen) atoms. The minimum Gasteiger partial charge on any atom is -0.383 e. The van der Waals surface area contributed by atoms with Gasteiger partial charge in [-0.25, -0.2) is 9.97 Å². The summed E-state index contributed by atoms with van der Waals surface area (Å²) in [5, 5.41) is 0. The number of aryl methyl sites for hydroxylation is 1. The van der Waals surface area contributed by atoms with E-state index in [2.05, 4.69) is 58.8 Å². The van der Waals surface area contributed by atoms with Crippen LogP contribution in [0.2, 0.25) is 0 Å². The smallest absolute Gasteiger partial charge is 0.161 e. The van der Waals surface area contributed by atoms with E-state index in [4.69, 9.17) is 5.73 Å². The molecule has 2 rings (SSSR count). The Hall–Kier alpha value is -1.42. The molecule has 0 aliphatic carbocycles. The van der Waals surface area contributed by atoms with Crippen molar-refractivity contribution in [1.29, 1.82) is 0 Å². The third-order valence-electron chi connectivity index (χ3n) is 2.86. The van der Waals surface area contributed by atoms with Gasteiger partial charge in [0.2, 0.25) is 0 Å². The molecule has 0 saturated heterocycles. The topological polar surface area (TPSA) is 51.8 Å². The molecule has 3 nitrogen and oxygen atoms in total. The highest BCUT2D eigenvalue weighted by Gasteiger charge is 2.12. The lowest BCUT2D eigenvalue weighted by Gasteiger charge is -2.11. The van der Waals surface area contributed by atoms with Gasteiger partial charge in [0.1, 0.15) is 5.82 Å². The Labute approximate surface area is 122 Å². The molecule has 0 amide bonds. The Kier molecular flexibility index (Phi) is 4.20. The standard InChI is InChI=1S/C15H18BrN3/c1-9(2)8-12-13(16)14(17)19-15(18-12)11-6-4-10(3)5-7-11/h4-7,9H,8H2,1-3H3,(H2,17,18,19). The second-order valence-corrected chi connectivity index (χ2v) is 5.95. The van der Waals surface area contributed by atoms with E-state index in [1.54, 1.807) is 0 Å². The van der Waals surface area contributed by atoms with Crippen molar-refractivity contribution in [3.8, 4) is 11.4 Å². The summed E-state index contributed by atoms with van der Waals surface area (Å²) < 4.78 is 0.817. The fraction of sp³-hybridized carbons (Fsp3) is 0.333. The van der Waals surface area contributed by atoms with E-state index in [-0.39, 0.29) is 0 Å². The zero-order chi connectivity index (χ0) is 14.0. The van der Waals surface area contributed by atoms with Gasteiger partial charge in [-0.05, 0) is 35.2 Å². The minimum atomic E-state index is 0.501. The molecule has 0 fully saturated rings. The summed E-state index contributed by atoms with van der Waals surface area (Å²) in [6.07, 6.45) is 0.881. The molecule has 0 radical (unpaired) electrons. The molecule has 2 N–H and O–H groups in total. The third-order valence-corrected chi connectivity index (χ3v) is 3.72. The molecule has 0 saturated carbocycles. The first-order valence-corrected chi connectivity index (χ1v) is 7.15. The van der Waals surface area contributed by atoms with Crippen LogP contribution in [0, 0.1) is 12.8 Å². The van der Waals surface area contributed by atoms with E-state index in [9.17, 15) is 0 Å². The number of nitrogen functional groups attached to an aromatic ring is 1. The van der Waals surface area contributed by atoms with Crippen molar-refractivity contribution in [3.05, 3.63) is 40.0 Å². The zero-order valence-electron chi connectivity index (χ0n) is 11.4. The summed E-state index contributed by atoms with van der Waals surface area (Å²) >= 11 is 3.48. The molecule has 0 spiro atoms. The van der Waals surface area contributed by atoms with Crippen LogP contribution in [0.4, 0.5) is 5.82 Å². The van der Waals surface area contributed by atoms with E-state index in [1.165, 1.54) is 5.56 Å². The van der Waals surface area contributed by atoms with E-state index < -0.39 is 0 Å². The number of anilines is 1. The van der Waals surface area contributed by atoms with E-state index in [0.717, 1.165) is 22.2 Å². The van der Waals surface area contributed by atoms with Crippen LogP contribution in [-0.2, 0) is 6.42 Å². The fourth-order valence-electron chi connectivity index (χ4n) is 1.87. The van der Waals surface area contributed by atoms with E-state index in [0.29, 0.717) is 17.6 Å². The molecule has 0 aliphatic heterocycles. The molecular weight excluding hydrogens is 302 g/mol. The van der Waals surface area contributed by atoms with Crippen LogP contribution in [0.15, 0.2) is 28.7 Å². The number of rotatable bonds is 3. The summed E-state index contributed by atoms with van der Waals surface area (Å²) in [7, 11) is 0. The predicted octanol–water partition coefficient (Wildman–Crippen LogP) is 4.00. The Morgan fingerprint density at radius 2 is 1.79 bits per heavy atom. The number of aromatic nitrogens is 2. The lowest BCUT2D eigenvalue weighted by molar-refractivity contribution is 0.633. The van der Waals surface area contributed by atoms with Gasteiger partial charge in [-0.15, -0.1) is 0 Å². The Morgan fingerprint density at radius 3 is 2.37 bits per heavy atom. The number of nitrogens with two attached hydrogens (primary N) is 1. The SMILES string of the molecule is Cc1ccc(-c2nc(N)c(Br)c(CC(C)C)n2)cc1. The molecule has 0 bridgehead atoms. The molecule has 1 aromatic carbocycles. The van der Waals surface area contributed by atoms with Crippen molar-refractivity contribution in [2.75, 3.05) is 5.73 Å². The highest BCUT2D eigenvalue weighted by Crippen LogP contribution is 2.26. The quantitative estimate of drug-likeness (QED) is 0.930. The molecule has 100 valence electrons. The summed E-state index contributed by atoms with van der Waals surface area (Å²) in [5.41, 5.74) is 9.15. The van der Waals surface area contributed by atoms with Crippen molar-refractivity contribution < 1.29 is 0 Å². The highest BCUT2D eigenvalue weighted by atomic mass is 79.9. The van der Waals surface area contributed by atoms with E-state index in [1.807, 2.05) is 12.1 Å². The highest BCUT2D eigenvalue weighted by molar-refractivity contribution is 9.10. The fourth-order valence-corrected chi connectivity index (χ4v) is 2.21. The van der Waals surface area contributed by atoms with E-state index >= 15 is 0 Å². The minimum absolute atomic E-state index is 0.501. The first-order valence-electron chi connectivity index (χ1n) is 6.36. The van der Waals surface area contributed by atoms with Crippen molar-refractivity contribution >= 4 is 21.7 Å². The van der Waals surface area contributed by atoms with Crippen LogP contribution in [0.25, 0.3) is 11.4 Å². The maximum absolute atomic E-state index is 5.97. The average Bonchev–Trinajstić information content (AvgIpc) is 2.35. The second kappa shape index (κ2) is 5.70. The maximum atomic E-state index is 5.97. The summed E-state index contributed by atoms with van der Waals surface area (Å²) in [4.78, 5) is 9.00. The molecule has 0 aliphatic rings. The lowest BCUT2D eigenvalue weighted by Crippen LogP contribution is -2.05. The number of halogens is 1. The molecule has 1 aromatic heterocycles. The van der Waals surface area contributed by atoms with Gasteiger partial charge in [-0.2, -0.15) is 0 Å². The van der Waals surface area contributed by atoms with Gasteiger partial charge in [0.25, 0.3) is 0 Å². The number of benzene rings is 1. The van der Waals surface area contributed by atoms with Crippen LogP contribution >= 0.6 is 15.9 Å². The van der Waals surface area contributed by atoms with Gasteiger partial charge in [0, 0.05) is 5.56 Å². The summed E-state index contributed by atoms with van der Waals surface area (Å²) in [6.45, 7) is 6.39. The van der Waals surface area contributed by atoms with Crippen LogP contribution in [0.3, 0.4) is 0 Å². The van der Waals surface area contributed by atoms with Gasteiger partial charge in [0.05, 0.1) is 10.2 Å². The molecule has 0 unspecified atom stereocenters. The van der Waals surface area contributed by atoms with Crippen LogP contribution in [-0.4, -0.2) is 9.97 Å². The lowest BCUT2D eigenvalue weighted by atomic mass is 10.1. The summed E-state index contributed by atoms with van der Waals surface area (Å²) in [6, 6.07) is 8.16. The monoisotopic (exact) mass is 319 g/mol. The normalized spacial score (nSPS) is 11.0. The number of nitrogens with zero attached hydrogens (tertiary/aromatic N) is 2. The predicted molar refractivity (Wildman–Crippen MR) is 82.9 cm³/mol. The zero-order valence-corrected chi connectivity index (χ0v) is 13.0. The van der Waals surface area contributed by atoms with Crippen molar-refractivity contribution in [3.63, 3.8) is 0 Å². The molecular formula is C15H18BrN3. The van der Waals surface area contributed by atoms with Crippen molar-refractivity contribution in [1.82, 2.24) is 9.97 Å². The summed E-state index contributed by atoms with van der Waals surface area (Å²) in [5.74, 6) is 1.72. The largest absolute Gasteiger partial charge is 0.383 e. The van der Waals surface area contributed by atoms with Gasteiger partial charge in [-0.3, -0.25) is 0 Å². The molecule has 0 atom stereocenters. The van der Waals surface area contributed by atoms with Crippen LogP contribution in [0.5, 0.6) is 0 Å². The Morgan fingerprint density at radius 1 is 1.16 bits per heavy atom. The number of hydrogen-bond donors (Lipinski definition) is 1. The van der Waals surface area contributed by atoms with Crippen molar-refractivity contribution in [2.24, 2.45) is 5.92 Å². The Bertz CT molecular complexity index is 577. The Balaban J connectivity index is 2.46. The average molecular weight is 320 g/mol. The first kappa shape index (κ1) is 14.0. The van der Waals surface area contributed by atoms with Gasteiger partial charge >= 0.3 is 0 Å². The third kappa shape index (κ3) is 3.32. The molecule has 2 aromatic rings. The van der Waals surface area contributed by atoms with Crippen LogP contribution in [0.1, 0.15) is 25.1 Å². The van der Waals surface area contributed by atoms with Gasteiger partial charge in [-0.1, -0.05) is 43.7 Å². The van der Waals surface area contributed by atoms with Crippen molar-refractivity contribution in [2.45, 2.75) is 27.2 Å². The second-order valence-electron chi connectivity index (χ2n) is 5.16. The molecule has 4 heteroatoms. The maximum Gasteiger partial charge on any atom is 0.161 e.